The van der Waals surface area contributed by atoms with Gasteiger partial charge in [-0.3, -0.25) is 29.4 Å². The van der Waals surface area contributed by atoms with Crippen molar-refractivity contribution in [3.63, 3.8) is 0 Å². The average molecular weight is 467 g/mol. The molecule has 0 aliphatic carbocycles. The van der Waals surface area contributed by atoms with Crippen LogP contribution in [-0.2, 0) is 19.1 Å². The van der Waals surface area contributed by atoms with Crippen molar-refractivity contribution in [1.29, 1.82) is 0 Å². The maximum absolute atomic E-state index is 13.0. The van der Waals surface area contributed by atoms with E-state index in [-0.39, 0.29) is 29.7 Å². The predicted octanol–water partition coefficient (Wildman–Crippen LogP) is 1.57. The third-order valence-corrected chi connectivity index (χ3v) is 4.69. The number of nitrogens with one attached hydrogen (secondary N) is 1. The number of amides is 4. The van der Waals surface area contributed by atoms with Crippen LogP contribution >= 0.6 is 15.9 Å². The lowest BCUT2D eigenvalue weighted by Crippen LogP contribution is -2.54. The Hall–Kier alpha value is -2.75. The van der Waals surface area contributed by atoms with Crippen molar-refractivity contribution in [2.75, 3.05) is 6.61 Å². The molecule has 2 heterocycles. The number of carbonyl (C=O) groups is 5. The summed E-state index contributed by atoms with van der Waals surface area (Å²) in [6.07, 6.45) is 0.0703. The maximum Gasteiger partial charge on any atom is 0.344 e. The van der Waals surface area contributed by atoms with Gasteiger partial charge in [-0.15, -0.1) is 0 Å². The molecule has 1 saturated heterocycles. The summed E-state index contributed by atoms with van der Waals surface area (Å²) in [5.41, 5.74) is -0.687. The molecule has 0 saturated carbocycles. The second kappa shape index (κ2) is 7.58. The van der Waals surface area contributed by atoms with Gasteiger partial charge in [0.25, 0.3) is 11.8 Å². The van der Waals surface area contributed by atoms with E-state index >= 15 is 0 Å². The van der Waals surface area contributed by atoms with Crippen molar-refractivity contribution in [2.45, 2.75) is 45.3 Å². The SMILES string of the molecule is CC(C)(C)OC(=O)COc1cc(Br)cc2c1C(=O)N(C1CCC(=O)NC1=O)C2=O. The fourth-order valence-electron chi connectivity index (χ4n) is 3.15. The van der Waals surface area contributed by atoms with E-state index in [0.717, 1.165) is 4.90 Å². The second-order valence-electron chi connectivity index (χ2n) is 7.65. The first-order valence-electron chi connectivity index (χ1n) is 8.87. The van der Waals surface area contributed by atoms with Gasteiger partial charge in [0.15, 0.2) is 6.61 Å². The number of imide groups is 2. The standard InChI is InChI=1S/C19H19BrN2O7/c1-19(2,3)29-14(24)8-28-12-7-9(20)6-10-15(12)18(27)22(17(10)26)11-4-5-13(23)21-16(11)25/h6-7,11H,4-5,8H2,1-3H3,(H,21,23,25). The molecule has 0 radical (unpaired) electrons. The minimum Gasteiger partial charge on any atom is -0.481 e. The van der Waals surface area contributed by atoms with E-state index < -0.39 is 47.8 Å². The molecule has 10 heteroatoms. The molecule has 1 unspecified atom stereocenters. The van der Waals surface area contributed by atoms with Crippen LogP contribution in [0.2, 0.25) is 0 Å². The second-order valence-corrected chi connectivity index (χ2v) is 8.56. The van der Waals surface area contributed by atoms with Crippen LogP contribution < -0.4 is 10.1 Å². The first-order chi connectivity index (χ1) is 13.5. The summed E-state index contributed by atoms with van der Waals surface area (Å²) in [5, 5.41) is 2.14. The number of hydrogen-bond acceptors (Lipinski definition) is 7. The lowest BCUT2D eigenvalue weighted by atomic mass is 10.0. The first kappa shape index (κ1) is 21.0. The number of hydrogen-bond donors (Lipinski definition) is 1. The monoisotopic (exact) mass is 466 g/mol. The van der Waals surface area contributed by atoms with Gasteiger partial charge in [-0.1, -0.05) is 15.9 Å². The largest absolute Gasteiger partial charge is 0.481 e. The van der Waals surface area contributed by atoms with Gasteiger partial charge >= 0.3 is 5.97 Å². The Morgan fingerprint density at radius 1 is 1.21 bits per heavy atom. The van der Waals surface area contributed by atoms with Crippen LogP contribution in [-0.4, -0.2) is 52.7 Å². The highest BCUT2D eigenvalue weighted by Gasteiger charge is 2.46. The lowest BCUT2D eigenvalue weighted by Gasteiger charge is -2.27. The van der Waals surface area contributed by atoms with Crippen LogP contribution in [0.5, 0.6) is 5.75 Å². The molecule has 1 N–H and O–H groups in total. The summed E-state index contributed by atoms with van der Waals surface area (Å²) >= 11 is 3.25. The van der Waals surface area contributed by atoms with E-state index in [9.17, 15) is 24.0 Å². The Bertz CT molecular complexity index is 935. The van der Waals surface area contributed by atoms with E-state index in [0.29, 0.717) is 4.47 Å². The highest BCUT2D eigenvalue weighted by Crippen LogP contribution is 2.36. The third kappa shape index (κ3) is 4.31. The molecule has 1 fully saturated rings. The maximum atomic E-state index is 13.0. The number of benzene rings is 1. The normalized spacial score (nSPS) is 19.2. The van der Waals surface area contributed by atoms with Crippen molar-refractivity contribution in [3.05, 3.63) is 27.7 Å². The highest BCUT2D eigenvalue weighted by molar-refractivity contribution is 9.10. The van der Waals surface area contributed by atoms with Crippen molar-refractivity contribution in [2.24, 2.45) is 0 Å². The minimum atomic E-state index is -1.09. The molecular weight excluding hydrogens is 448 g/mol. The number of piperidine rings is 1. The number of rotatable bonds is 4. The Kier molecular flexibility index (Phi) is 5.48. The molecule has 0 aromatic heterocycles. The van der Waals surface area contributed by atoms with Gasteiger partial charge < -0.3 is 9.47 Å². The zero-order chi connectivity index (χ0) is 21.5. The third-order valence-electron chi connectivity index (χ3n) is 4.24. The summed E-state index contributed by atoms with van der Waals surface area (Å²) in [4.78, 5) is 62.1. The number of carbonyl (C=O) groups excluding carboxylic acids is 5. The van der Waals surface area contributed by atoms with E-state index in [1.807, 2.05) is 0 Å². The molecule has 2 aliphatic heterocycles. The quantitative estimate of drug-likeness (QED) is 0.528. The Morgan fingerprint density at radius 2 is 1.90 bits per heavy atom. The fraction of sp³-hybridized carbons (Fsp3) is 0.421. The molecule has 1 aromatic rings. The molecule has 9 nitrogen and oxygen atoms in total. The molecule has 1 aromatic carbocycles. The van der Waals surface area contributed by atoms with Gasteiger partial charge in [0.2, 0.25) is 11.8 Å². The number of esters is 1. The topological polar surface area (TPSA) is 119 Å². The molecule has 3 rings (SSSR count). The van der Waals surface area contributed by atoms with Crippen molar-refractivity contribution in [1.82, 2.24) is 10.2 Å². The summed E-state index contributed by atoms with van der Waals surface area (Å²) in [6.45, 7) is 4.67. The fourth-order valence-corrected chi connectivity index (χ4v) is 3.58. The Balaban J connectivity index is 1.87. The van der Waals surface area contributed by atoms with Crippen LogP contribution in [0.3, 0.4) is 0 Å². The molecule has 4 amide bonds. The molecule has 0 spiro atoms. The van der Waals surface area contributed by atoms with Gasteiger partial charge in [0, 0.05) is 10.9 Å². The number of fused-ring (bicyclic) bond motifs is 1. The first-order valence-corrected chi connectivity index (χ1v) is 9.67. The zero-order valence-corrected chi connectivity index (χ0v) is 17.6. The van der Waals surface area contributed by atoms with Crippen LogP contribution in [0.1, 0.15) is 54.3 Å². The summed E-state index contributed by atoms with van der Waals surface area (Å²) in [5.74, 6) is -3.15. The molecule has 1 atom stereocenters. The zero-order valence-electron chi connectivity index (χ0n) is 16.0. The van der Waals surface area contributed by atoms with E-state index in [2.05, 4.69) is 21.2 Å². The molecule has 154 valence electrons. The smallest absolute Gasteiger partial charge is 0.344 e. The van der Waals surface area contributed by atoms with Crippen LogP contribution in [0.15, 0.2) is 16.6 Å². The highest BCUT2D eigenvalue weighted by atomic mass is 79.9. The Labute approximate surface area is 174 Å². The van der Waals surface area contributed by atoms with Gasteiger partial charge in [-0.05, 0) is 39.3 Å². The van der Waals surface area contributed by atoms with Crippen LogP contribution in [0.25, 0.3) is 0 Å². The lowest BCUT2D eigenvalue weighted by molar-refractivity contribution is -0.157. The average Bonchev–Trinajstić information content (AvgIpc) is 2.83. The number of ether oxygens (including phenoxy) is 2. The number of halogens is 1. The van der Waals surface area contributed by atoms with Crippen molar-refractivity contribution in [3.8, 4) is 5.75 Å². The Morgan fingerprint density at radius 3 is 2.52 bits per heavy atom. The molecular formula is C19H19BrN2O7. The molecule has 0 bridgehead atoms. The van der Waals surface area contributed by atoms with Gasteiger partial charge in [0.1, 0.15) is 17.4 Å². The van der Waals surface area contributed by atoms with Crippen molar-refractivity contribution < 1.29 is 33.4 Å². The summed E-state index contributed by atoms with van der Waals surface area (Å²) in [6, 6.07) is 1.82. The van der Waals surface area contributed by atoms with Crippen LogP contribution in [0.4, 0.5) is 0 Å². The molecule has 29 heavy (non-hydrogen) atoms. The summed E-state index contributed by atoms with van der Waals surface area (Å²) in [7, 11) is 0. The van der Waals surface area contributed by atoms with E-state index in [1.165, 1.54) is 12.1 Å². The molecule has 2 aliphatic rings. The predicted molar refractivity (Wildman–Crippen MR) is 102 cm³/mol. The van der Waals surface area contributed by atoms with Gasteiger partial charge in [-0.2, -0.15) is 0 Å². The van der Waals surface area contributed by atoms with E-state index in [4.69, 9.17) is 9.47 Å². The van der Waals surface area contributed by atoms with Gasteiger partial charge in [-0.25, -0.2) is 4.79 Å². The summed E-state index contributed by atoms with van der Waals surface area (Å²) < 4.78 is 11.1. The van der Waals surface area contributed by atoms with Gasteiger partial charge in [0.05, 0.1) is 11.1 Å². The van der Waals surface area contributed by atoms with E-state index in [1.54, 1.807) is 20.8 Å². The number of nitrogens with zero attached hydrogens (tertiary/aromatic N) is 1. The van der Waals surface area contributed by atoms with Crippen LogP contribution in [0, 0.1) is 0 Å². The minimum absolute atomic E-state index is 0.0216. The van der Waals surface area contributed by atoms with Crippen molar-refractivity contribution >= 4 is 45.5 Å².